The SMILES string of the molecule is C=C(Br)Cn1c([C@@H]2CCCO2)nc2ccccc21. The Morgan fingerprint density at radius 3 is 3.06 bits per heavy atom. The van der Waals surface area contributed by atoms with Gasteiger partial charge in [-0.2, -0.15) is 0 Å². The standard InChI is InChI=1S/C14H15BrN2O/c1-10(15)9-17-12-6-3-2-5-11(12)16-14(17)13-7-4-8-18-13/h2-3,5-6,13H,1,4,7-9H2/t13-/m0/s1. The predicted octanol–water partition coefficient (Wildman–Crippen LogP) is 3.80. The average Bonchev–Trinajstić information content (AvgIpc) is 2.96. The molecule has 18 heavy (non-hydrogen) atoms. The van der Waals surface area contributed by atoms with Gasteiger partial charge in [-0.3, -0.25) is 0 Å². The fraction of sp³-hybridized carbons (Fsp3) is 0.357. The second-order valence-electron chi connectivity index (χ2n) is 4.56. The second kappa shape index (κ2) is 4.86. The Morgan fingerprint density at radius 2 is 2.33 bits per heavy atom. The van der Waals surface area contributed by atoms with Crippen LogP contribution in [0.3, 0.4) is 0 Å². The predicted molar refractivity (Wildman–Crippen MR) is 75.7 cm³/mol. The Labute approximate surface area is 115 Å². The van der Waals surface area contributed by atoms with E-state index in [4.69, 9.17) is 9.72 Å². The molecular formula is C14H15BrN2O. The maximum atomic E-state index is 5.76. The summed E-state index contributed by atoms with van der Waals surface area (Å²) in [5, 5.41) is 0. The van der Waals surface area contributed by atoms with Crippen LogP contribution < -0.4 is 0 Å². The molecule has 1 saturated heterocycles. The number of imidazole rings is 1. The van der Waals surface area contributed by atoms with E-state index in [2.05, 4.69) is 33.1 Å². The van der Waals surface area contributed by atoms with E-state index < -0.39 is 0 Å². The number of aromatic nitrogens is 2. The third-order valence-corrected chi connectivity index (χ3v) is 3.48. The molecule has 1 aliphatic rings. The highest BCUT2D eigenvalue weighted by molar-refractivity contribution is 9.11. The molecule has 0 aliphatic carbocycles. The van der Waals surface area contributed by atoms with Gasteiger partial charge in [0.15, 0.2) is 0 Å². The van der Waals surface area contributed by atoms with Gasteiger partial charge in [-0.1, -0.05) is 34.6 Å². The lowest BCUT2D eigenvalue weighted by molar-refractivity contribution is 0.103. The minimum absolute atomic E-state index is 0.129. The average molecular weight is 307 g/mol. The number of rotatable bonds is 3. The van der Waals surface area contributed by atoms with Crippen LogP contribution in [0.4, 0.5) is 0 Å². The van der Waals surface area contributed by atoms with E-state index in [1.807, 2.05) is 18.2 Å². The summed E-state index contributed by atoms with van der Waals surface area (Å²) < 4.78 is 8.91. The minimum Gasteiger partial charge on any atom is -0.370 e. The van der Waals surface area contributed by atoms with Crippen molar-refractivity contribution in [2.75, 3.05) is 6.61 Å². The second-order valence-corrected chi connectivity index (χ2v) is 5.69. The van der Waals surface area contributed by atoms with Crippen LogP contribution in [0.5, 0.6) is 0 Å². The van der Waals surface area contributed by atoms with Crippen LogP contribution in [0.15, 0.2) is 35.3 Å². The fourth-order valence-electron chi connectivity index (χ4n) is 2.46. The molecule has 1 aromatic carbocycles. The summed E-state index contributed by atoms with van der Waals surface area (Å²) in [6.45, 7) is 5.50. The van der Waals surface area contributed by atoms with E-state index >= 15 is 0 Å². The quantitative estimate of drug-likeness (QED) is 0.862. The zero-order chi connectivity index (χ0) is 12.5. The van der Waals surface area contributed by atoms with E-state index in [9.17, 15) is 0 Å². The van der Waals surface area contributed by atoms with Crippen LogP contribution >= 0.6 is 15.9 Å². The Kier molecular flexibility index (Phi) is 3.22. The molecule has 3 rings (SSSR count). The molecular weight excluding hydrogens is 292 g/mol. The molecule has 1 aliphatic heterocycles. The van der Waals surface area contributed by atoms with E-state index in [1.54, 1.807) is 0 Å². The first-order valence-corrected chi connectivity index (χ1v) is 6.95. The van der Waals surface area contributed by atoms with Crippen molar-refractivity contribution in [3.05, 3.63) is 41.2 Å². The molecule has 0 saturated carbocycles. The van der Waals surface area contributed by atoms with Crippen molar-refractivity contribution in [2.24, 2.45) is 0 Å². The van der Waals surface area contributed by atoms with E-state index in [1.165, 1.54) is 0 Å². The van der Waals surface area contributed by atoms with Crippen molar-refractivity contribution < 1.29 is 4.74 Å². The molecule has 1 aromatic heterocycles. The topological polar surface area (TPSA) is 27.1 Å². The highest BCUT2D eigenvalue weighted by Crippen LogP contribution is 2.31. The fourth-order valence-corrected chi connectivity index (χ4v) is 2.71. The molecule has 0 amide bonds. The zero-order valence-corrected chi connectivity index (χ0v) is 11.7. The lowest BCUT2D eigenvalue weighted by Gasteiger charge is -2.12. The van der Waals surface area contributed by atoms with E-state index in [-0.39, 0.29) is 6.10 Å². The number of hydrogen-bond donors (Lipinski definition) is 0. The number of para-hydroxylation sites is 2. The molecule has 0 spiro atoms. The number of fused-ring (bicyclic) bond motifs is 1. The van der Waals surface area contributed by atoms with Crippen LogP contribution in [0.1, 0.15) is 24.8 Å². The number of halogens is 1. The highest BCUT2D eigenvalue weighted by Gasteiger charge is 2.24. The maximum absolute atomic E-state index is 5.76. The molecule has 94 valence electrons. The van der Waals surface area contributed by atoms with Gasteiger partial charge >= 0.3 is 0 Å². The molecule has 0 bridgehead atoms. The van der Waals surface area contributed by atoms with Gasteiger partial charge in [0.1, 0.15) is 11.9 Å². The minimum atomic E-state index is 0.129. The monoisotopic (exact) mass is 306 g/mol. The van der Waals surface area contributed by atoms with Gasteiger partial charge in [0.05, 0.1) is 17.6 Å². The molecule has 1 fully saturated rings. The number of hydrogen-bond acceptors (Lipinski definition) is 2. The van der Waals surface area contributed by atoms with Gasteiger partial charge in [-0.25, -0.2) is 4.98 Å². The number of nitrogens with zero attached hydrogens (tertiary/aromatic N) is 2. The van der Waals surface area contributed by atoms with Crippen LogP contribution in [0.25, 0.3) is 11.0 Å². The maximum Gasteiger partial charge on any atom is 0.139 e. The molecule has 3 nitrogen and oxygen atoms in total. The molecule has 4 heteroatoms. The van der Waals surface area contributed by atoms with Crippen molar-refractivity contribution in [3.63, 3.8) is 0 Å². The summed E-state index contributed by atoms with van der Waals surface area (Å²) in [6.07, 6.45) is 2.30. The first-order valence-electron chi connectivity index (χ1n) is 6.16. The number of allylic oxidation sites excluding steroid dienone is 1. The largest absolute Gasteiger partial charge is 0.370 e. The molecule has 0 N–H and O–H groups in total. The lowest BCUT2D eigenvalue weighted by Crippen LogP contribution is -2.08. The summed E-state index contributed by atoms with van der Waals surface area (Å²) in [5.74, 6) is 1.02. The smallest absolute Gasteiger partial charge is 0.139 e. The van der Waals surface area contributed by atoms with Crippen molar-refractivity contribution in [1.29, 1.82) is 0 Å². The summed E-state index contributed by atoms with van der Waals surface area (Å²) in [7, 11) is 0. The van der Waals surface area contributed by atoms with Gasteiger partial charge in [0, 0.05) is 11.1 Å². The van der Waals surface area contributed by atoms with Crippen molar-refractivity contribution in [3.8, 4) is 0 Å². The first-order chi connectivity index (χ1) is 8.75. The van der Waals surface area contributed by atoms with Crippen LogP contribution in [-0.4, -0.2) is 16.2 Å². The van der Waals surface area contributed by atoms with Crippen LogP contribution in [0, 0.1) is 0 Å². The summed E-state index contributed by atoms with van der Waals surface area (Å²) >= 11 is 3.44. The third kappa shape index (κ3) is 2.10. The van der Waals surface area contributed by atoms with Crippen molar-refractivity contribution in [1.82, 2.24) is 9.55 Å². The molecule has 1 atom stereocenters. The van der Waals surface area contributed by atoms with Crippen LogP contribution in [0.2, 0.25) is 0 Å². The van der Waals surface area contributed by atoms with Crippen molar-refractivity contribution >= 4 is 27.0 Å². The Morgan fingerprint density at radius 1 is 1.50 bits per heavy atom. The normalized spacial score (nSPS) is 19.5. The Bertz CT molecular complexity index is 584. The van der Waals surface area contributed by atoms with E-state index in [0.29, 0.717) is 0 Å². The highest BCUT2D eigenvalue weighted by atomic mass is 79.9. The molecule has 0 radical (unpaired) electrons. The number of benzene rings is 1. The summed E-state index contributed by atoms with van der Waals surface area (Å²) in [5.41, 5.74) is 2.17. The Balaban J connectivity index is 2.12. The first kappa shape index (κ1) is 11.9. The van der Waals surface area contributed by atoms with Crippen molar-refractivity contribution in [2.45, 2.75) is 25.5 Å². The summed E-state index contributed by atoms with van der Waals surface area (Å²) in [4.78, 5) is 4.72. The lowest BCUT2D eigenvalue weighted by atomic mass is 10.2. The molecule has 2 aromatic rings. The third-order valence-electron chi connectivity index (χ3n) is 3.23. The molecule has 2 heterocycles. The summed E-state index contributed by atoms with van der Waals surface area (Å²) in [6, 6.07) is 8.19. The van der Waals surface area contributed by atoms with Gasteiger partial charge in [-0.05, 0) is 25.0 Å². The zero-order valence-electron chi connectivity index (χ0n) is 10.1. The van der Waals surface area contributed by atoms with Crippen LogP contribution in [-0.2, 0) is 11.3 Å². The Hall–Kier alpha value is -1.13. The van der Waals surface area contributed by atoms with Gasteiger partial charge < -0.3 is 9.30 Å². The molecule has 0 unspecified atom stereocenters. The van der Waals surface area contributed by atoms with E-state index in [0.717, 1.165) is 47.3 Å². The van der Waals surface area contributed by atoms with Gasteiger partial charge in [0.2, 0.25) is 0 Å². The van der Waals surface area contributed by atoms with Gasteiger partial charge in [0.25, 0.3) is 0 Å². The number of ether oxygens (including phenoxy) is 1. The van der Waals surface area contributed by atoms with Gasteiger partial charge in [-0.15, -0.1) is 0 Å².